The molecule has 1 aliphatic heterocycles. The van der Waals surface area contributed by atoms with Crippen molar-refractivity contribution in [2.24, 2.45) is 0 Å². The van der Waals surface area contributed by atoms with Crippen LogP contribution in [0.3, 0.4) is 0 Å². The molecule has 0 bridgehead atoms. The van der Waals surface area contributed by atoms with Crippen LogP contribution in [0.15, 0.2) is 24.3 Å². The van der Waals surface area contributed by atoms with E-state index in [4.69, 9.17) is 9.47 Å². The summed E-state index contributed by atoms with van der Waals surface area (Å²) in [7, 11) is 0. The zero-order valence-corrected chi connectivity index (χ0v) is 16.1. The quantitative estimate of drug-likeness (QED) is 0.857. The Morgan fingerprint density at radius 1 is 1.15 bits per heavy atom. The molecule has 1 aromatic heterocycles. The Bertz CT molecular complexity index is 855. The third kappa shape index (κ3) is 3.78. The number of fused-ring (bicyclic) bond motifs is 2. The first-order valence-corrected chi connectivity index (χ1v) is 10.1. The number of benzene rings is 1. The molecule has 2 aliphatic rings. The van der Waals surface area contributed by atoms with E-state index >= 15 is 0 Å². The summed E-state index contributed by atoms with van der Waals surface area (Å²) in [6.45, 7) is 3.41. The highest BCUT2D eigenvalue weighted by atomic mass is 32.1. The summed E-state index contributed by atoms with van der Waals surface area (Å²) in [4.78, 5) is 28.9. The fourth-order valence-electron chi connectivity index (χ4n) is 3.41. The molecule has 6 nitrogen and oxygen atoms in total. The predicted octanol–water partition coefficient (Wildman–Crippen LogP) is 3.11. The highest BCUT2D eigenvalue weighted by Gasteiger charge is 2.23. The lowest BCUT2D eigenvalue weighted by Crippen LogP contribution is -2.37. The lowest BCUT2D eigenvalue weighted by Gasteiger charge is -2.21. The van der Waals surface area contributed by atoms with Gasteiger partial charge in [0.15, 0.2) is 11.5 Å². The number of rotatable bonds is 5. The van der Waals surface area contributed by atoms with Crippen LogP contribution in [0.25, 0.3) is 0 Å². The van der Waals surface area contributed by atoms with Crippen molar-refractivity contribution < 1.29 is 19.1 Å². The fourth-order valence-corrected chi connectivity index (χ4v) is 4.63. The average Bonchev–Trinajstić information content (AvgIpc) is 3.27. The van der Waals surface area contributed by atoms with E-state index in [0.29, 0.717) is 36.9 Å². The van der Waals surface area contributed by atoms with Crippen molar-refractivity contribution in [3.05, 3.63) is 39.6 Å². The number of carbonyl (C=O) groups is 2. The smallest absolute Gasteiger partial charge is 0.264 e. The molecule has 0 spiro atoms. The average molecular weight is 386 g/mol. The molecule has 1 aliphatic carbocycles. The Labute approximate surface area is 162 Å². The molecule has 2 amide bonds. The van der Waals surface area contributed by atoms with E-state index in [-0.39, 0.29) is 18.4 Å². The number of carbonyl (C=O) groups excluding carboxylic acids is 2. The summed E-state index contributed by atoms with van der Waals surface area (Å²) >= 11 is 1.57. The van der Waals surface area contributed by atoms with Gasteiger partial charge in [0.1, 0.15) is 19.8 Å². The molecule has 0 unspecified atom stereocenters. The molecular formula is C20H22N2O4S. The van der Waals surface area contributed by atoms with Crippen LogP contribution in [-0.4, -0.2) is 43.0 Å². The topological polar surface area (TPSA) is 67.9 Å². The Morgan fingerprint density at radius 3 is 2.74 bits per heavy atom. The van der Waals surface area contributed by atoms with Gasteiger partial charge in [-0.2, -0.15) is 0 Å². The summed E-state index contributed by atoms with van der Waals surface area (Å²) in [5, 5.41) is 2.84. The Morgan fingerprint density at radius 2 is 1.96 bits per heavy atom. The molecule has 0 atom stereocenters. The van der Waals surface area contributed by atoms with Gasteiger partial charge in [0.05, 0.1) is 4.88 Å². The molecule has 0 saturated carbocycles. The number of likely N-dealkylation sites (N-methyl/N-ethyl adjacent to an activating group) is 1. The number of hydrogen-bond acceptors (Lipinski definition) is 5. The van der Waals surface area contributed by atoms with Gasteiger partial charge in [-0.1, -0.05) is 0 Å². The normalized spacial score (nSPS) is 14.6. The molecule has 27 heavy (non-hydrogen) atoms. The van der Waals surface area contributed by atoms with E-state index in [1.807, 2.05) is 13.0 Å². The third-order valence-corrected chi connectivity index (χ3v) is 6.01. The van der Waals surface area contributed by atoms with Crippen molar-refractivity contribution in [1.29, 1.82) is 0 Å². The number of nitrogens with one attached hydrogen (secondary N) is 1. The van der Waals surface area contributed by atoms with Crippen molar-refractivity contribution in [3.63, 3.8) is 0 Å². The zero-order valence-electron chi connectivity index (χ0n) is 15.2. The number of anilines is 1. The predicted molar refractivity (Wildman–Crippen MR) is 104 cm³/mol. The summed E-state index contributed by atoms with van der Waals surface area (Å²) in [5.74, 6) is 0.992. The largest absolute Gasteiger partial charge is 0.486 e. The molecule has 1 aromatic carbocycles. The minimum Gasteiger partial charge on any atom is -0.486 e. The van der Waals surface area contributed by atoms with Gasteiger partial charge in [-0.25, -0.2) is 0 Å². The minimum absolute atomic E-state index is 0.0202. The highest BCUT2D eigenvalue weighted by molar-refractivity contribution is 7.14. The van der Waals surface area contributed by atoms with Crippen molar-refractivity contribution in [3.8, 4) is 11.5 Å². The zero-order chi connectivity index (χ0) is 18.8. The molecule has 0 fully saturated rings. The summed E-state index contributed by atoms with van der Waals surface area (Å²) in [6, 6.07) is 7.29. The van der Waals surface area contributed by atoms with Crippen LogP contribution in [0.5, 0.6) is 11.5 Å². The summed E-state index contributed by atoms with van der Waals surface area (Å²) in [6.07, 6.45) is 3.28. The SMILES string of the molecule is CCN(CC(=O)Nc1ccc2c(c1)OCCO2)C(=O)c1cc2c(s1)CCC2. The highest BCUT2D eigenvalue weighted by Crippen LogP contribution is 2.33. The second kappa shape index (κ2) is 7.60. The van der Waals surface area contributed by atoms with Crippen molar-refractivity contribution in [2.75, 3.05) is 31.6 Å². The molecule has 4 rings (SSSR count). The van der Waals surface area contributed by atoms with E-state index in [1.54, 1.807) is 34.4 Å². The lowest BCUT2D eigenvalue weighted by atomic mass is 10.2. The van der Waals surface area contributed by atoms with Gasteiger partial charge < -0.3 is 19.7 Å². The number of hydrogen-bond donors (Lipinski definition) is 1. The maximum absolute atomic E-state index is 12.8. The first-order chi connectivity index (χ1) is 13.1. The van der Waals surface area contributed by atoms with Crippen LogP contribution in [0, 0.1) is 0 Å². The van der Waals surface area contributed by atoms with Gasteiger partial charge in [0, 0.05) is 23.2 Å². The number of nitrogens with zero attached hydrogens (tertiary/aromatic N) is 1. The van der Waals surface area contributed by atoms with Crippen molar-refractivity contribution in [2.45, 2.75) is 26.2 Å². The maximum atomic E-state index is 12.8. The fraction of sp³-hybridized carbons (Fsp3) is 0.400. The molecule has 0 radical (unpaired) electrons. The van der Waals surface area contributed by atoms with Crippen molar-refractivity contribution >= 4 is 28.8 Å². The van der Waals surface area contributed by atoms with Crippen molar-refractivity contribution in [1.82, 2.24) is 4.90 Å². The van der Waals surface area contributed by atoms with E-state index in [2.05, 4.69) is 5.32 Å². The van der Waals surface area contributed by atoms with E-state index in [1.165, 1.54) is 16.9 Å². The standard InChI is InChI=1S/C20H22N2O4S/c1-2-22(20(24)18-10-13-4-3-5-17(13)27-18)12-19(23)21-14-6-7-15-16(11-14)26-9-8-25-15/h6-7,10-11H,2-5,8-9,12H2,1H3,(H,21,23). The first kappa shape index (κ1) is 17.9. The van der Waals surface area contributed by atoms with E-state index in [0.717, 1.165) is 17.7 Å². The maximum Gasteiger partial charge on any atom is 0.264 e. The second-order valence-electron chi connectivity index (χ2n) is 6.64. The van der Waals surface area contributed by atoms with Gasteiger partial charge in [-0.15, -0.1) is 11.3 Å². The van der Waals surface area contributed by atoms with Gasteiger partial charge >= 0.3 is 0 Å². The van der Waals surface area contributed by atoms with E-state index < -0.39 is 0 Å². The van der Waals surface area contributed by atoms with Gasteiger partial charge in [-0.3, -0.25) is 9.59 Å². The first-order valence-electron chi connectivity index (χ1n) is 9.24. The number of aryl methyl sites for hydroxylation is 2. The Kier molecular flexibility index (Phi) is 5.03. The van der Waals surface area contributed by atoms with Crippen LogP contribution >= 0.6 is 11.3 Å². The molecular weight excluding hydrogens is 364 g/mol. The van der Waals surface area contributed by atoms with Gasteiger partial charge in [0.2, 0.25) is 5.91 Å². The summed E-state index contributed by atoms with van der Waals surface area (Å²) in [5.41, 5.74) is 1.92. The Hall–Kier alpha value is -2.54. The van der Waals surface area contributed by atoms with Gasteiger partial charge in [-0.05, 0) is 49.9 Å². The molecule has 142 valence electrons. The Balaban J connectivity index is 1.40. The van der Waals surface area contributed by atoms with Crippen LogP contribution in [0.4, 0.5) is 5.69 Å². The molecule has 7 heteroatoms. The summed E-state index contributed by atoms with van der Waals surface area (Å²) < 4.78 is 11.0. The number of ether oxygens (including phenoxy) is 2. The lowest BCUT2D eigenvalue weighted by molar-refractivity contribution is -0.116. The second-order valence-corrected chi connectivity index (χ2v) is 7.78. The molecule has 2 heterocycles. The van der Waals surface area contributed by atoms with E-state index in [9.17, 15) is 9.59 Å². The van der Waals surface area contributed by atoms with Crippen LogP contribution in [0.2, 0.25) is 0 Å². The minimum atomic E-state index is -0.231. The molecule has 0 saturated heterocycles. The third-order valence-electron chi connectivity index (χ3n) is 4.79. The molecule has 1 N–H and O–H groups in total. The number of amides is 2. The molecule has 2 aromatic rings. The van der Waals surface area contributed by atoms with Crippen LogP contribution in [-0.2, 0) is 17.6 Å². The van der Waals surface area contributed by atoms with Crippen LogP contribution < -0.4 is 14.8 Å². The monoisotopic (exact) mass is 386 g/mol. The van der Waals surface area contributed by atoms with Crippen LogP contribution in [0.1, 0.15) is 33.5 Å². The number of thiophene rings is 1. The van der Waals surface area contributed by atoms with Gasteiger partial charge in [0.25, 0.3) is 5.91 Å².